The maximum atomic E-state index is 5.76. The molecule has 4 nitrogen and oxygen atoms in total. The molecule has 0 spiro atoms. The van der Waals surface area contributed by atoms with Gasteiger partial charge in [-0.2, -0.15) is 0 Å². The summed E-state index contributed by atoms with van der Waals surface area (Å²) in [6.07, 6.45) is 4.70. The molecule has 0 aromatic carbocycles. The van der Waals surface area contributed by atoms with Gasteiger partial charge in [-0.25, -0.2) is 9.97 Å². The fraction of sp³-hybridized carbons (Fsp3) is 0.714. The van der Waals surface area contributed by atoms with E-state index in [1.165, 1.54) is 12.8 Å². The average Bonchev–Trinajstić information content (AvgIpc) is 2.39. The molecule has 1 N–H and O–H groups in total. The summed E-state index contributed by atoms with van der Waals surface area (Å²) in [6.45, 7) is 5.19. The van der Waals surface area contributed by atoms with Gasteiger partial charge in [-0.05, 0) is 25.2 Å². The number of nitrogens with zero attached hydrogens (tertiary/aromatic N) is 2. The quantitative estimate of drug-likeness (QED) is 0.891. The Morgan fingerprint density at radius 3 is 2.83 bits per heavy atom. The standard InChI is InChI=1S/C14H23N3O/c1-10(2)12-9-13(15-3)17-14(16-12)8-11-6-4-5-7-18-11/h9-11H,4-8H2,1-3H3,(H,15,16,17). The van der Waals surface area contributed by atoms with Crippen molar-refractivity contribution in [2.75, 3.05) is 19.0 Å². The average molecular weight is 249 g/mol. The van der Waals surface area contributed by atoms with Gasteiger partial charge in [0.25, 0.3) is 0 Å². The summed E-state index contributed by atoms with van der Waals surface area (Å²) in [4.78, 5) is 9.17. The topological polar surface area (TPSA) is 47.0 Å². The van der Waals surface area contributed by atoms with Crippen molar-refractivity contribution in [1.29, 1.82) is 0 Å². The highest BCUT2D eigenvalue weighted by Crippen LogP contribution is 2.19. The highest BCUT2D eigenvalue weighted by atomic mass is 16.5. The van der Waals surface area contributed by atoms with Crippen LogP contribution in [-0.4, -0.2) is 29.7 Å². The van der Waals surface area contributed by atoms with Gasteiger partial charge in [0.2, 0.25) is 0 Å². The van der Waals surface area contributed by atoms with Gasteiger partial charge in [0, 0.05) is 31.8 Å². The molecule has 1 aromatic rings. The molecule has 2 heterocycles. The molecule has 2 rings (SSSR count). The lowest BCUT2D eigenvalue weighted by molar-refractivity contribution is 0.0156. The third kappa shape index (κ3) is 3.42. The molecule has 4 heteroatoms. The van der Waals surface area contributed by atoms with Crippen molar-refractivity contribution in [3.8, 4) is 0 Å². The Balaban J connectivity index is 2.12. The van der Waals surface area contributed by atoms with Gasteiger partial charge >= 0.3 is 0 Å². The third-order valence-electron chi connectivity index (χ3n) is 3.32. The molecule has 1 unspecified atom stereocenters. The second kappa shape index (κ2) is 6.14. The van der Waals surface area contributed by atoms with Crippen LogP contribution in [0.4, 0.5) is 5.82 Å². The zero-order chi connectivity index (χ0) is 13.0. The maximum Gasteiger partial charge on any atom is 0.133 e. The molecule has 0 radical (unpaired) electrons. The van der Waals surface area contributed by atoms with Gasteiger partial charge in [0.1, 0.15) is 11.6 Å². The summed E-state index contributed by atoms with van der Waals surface area (Å²) >= 11 is 0. The van der Waals surface area contributed by atoms with Crippen molar-refractivity contribution in [3.05, 3.63) is 17.6 Å². The summed E-state index contributed by atoms with van der Waals surface area (Å²) < 4.78 is 5.76. The molecule has 18 heavy (non-hydrogen) atoms. The second-order valence-corrected chi connectivity index (χ2v) is 5.19. The highest BCUT2D eigenvalue weighted by Gasteiger charge is 2.17. The number of aromatic nitrogens is 2. The van der Waals surface area contributed by atoms with Crippen LogP contribution < -0.4 is 5.32 Å². The Bertz CT molecular complexity index is 387. The lowest BCUT2D eigenvalue weighted by Gasteiger charge is -2.22. The molecule has 0 aliphatic carbocycles. The van der Waals surface area contributed by atoms with Crippen molar-refractivity contribution in [3.63, 3.8) is 0 Å². The lowest BCUT2D eigenvalue weighted by Crippen LogP contribution is -2.23. The van der Waals surface area contributed by atoms with Crippen molar-refractivity contribution in [1.82, 2.24) is 9.97 Å². The van der Waals surface area contributed by atoms with Crippen LogP contribution in [0.2, 0.25) is 0 Å². The molecule has 1 saturated heterocycles. The Hall–Kier alpha value is -1.16. The van der Waals surface area contributed by atoms with Crippen LogP contribution >= 0.6 is 0 Å². The summed E-state index contributed by atoms with van der Waals surface area (Å²) in [7, 11) is 1.90. The Labute approximate surface area is 109 Å². The molecule has 1 aromatic heterocycles. The smallest absolute Gasteiger partial charge is 0.133 e. The number of anilines is 1. The predicted molar refractivity (Wildman–Crippen MR) is 73.0 cm³/mol. The fourth-order valence-electron chi connectivity index (χ4n) is 2.20. The molecule has 100 valence electrons. The van der Waals surface area contributed by atoms with Crippen LogP contribution in [0.3, 0.4) is 0 Å². The molecule has 1 fully saturated rings. The molecular formula is C14H23N3O. The van der Waals surface area contributed by atoms with E-state index in [9.17, 15) is 0 Å². The Morgan fingerprint density at radius 2 is 2.22 bits per heavy atom. The van der Waals surface area contributed by atoms with Crippen molar-refractivity contribution >= 4 is 5.82 Å². The summed E-state index contributed by atoms with van der Waals surface area (Å²) in [5.74, 6) is 2.23. The Kier molecular flexibility index (Phi) is 4.53. The number of hydrogen-bond acceptors (Lipinski definition) is 4. The van der Waals surface area contributed by atoms with Crippen molar-refractivity contribution in [2.45, 2.75) is 51.6 Å². The molecule has 1 aliphatic heterocycles. The van der Waals surface area contributed by atoms with E-state index in [1.54, 1.807) is 0 Å². The third-order valence-corrected chi connectivity index (χ3v) is 3.32. The van der Waals surface area contributed by atoms with Gasteiger partial charge in [0.05, 0.1) is 6.10 Å². The number of nitrogens with one attached hydrogen (secondary N) is 1. The number of hydrogen-bond donors (Lipinski definition) is 1. The minimum absolute atomic E-state index is 0.297. The molecule has 0 saturated carbocycles. The van der Waals surface area contributed by atoms with Gasteiger partial charge in [-0.1, -0.05) is 13.8 Å². The number of ether oxygens (including phenoxy) is 1. The van der Waals surface area contributed by atoms with Crippen LogP contribution in [0.5, 0.6) is 0 Å². The van der Waals surface area contributed by atoms with Crippen LogP contribution in [0.1, 0.15) is 50.5 Å². The fourth-order valence-corrected chi connectivity index (χ4v) is 2.20. The van der Waals surface area contributed by atoms with E-state index >= 15 is 0 Å². The van der Waals surface area contributed by atoms with E-state index in [-0.39, 0.29) is 0 Å². The first kappa shape index (κ1) is 13.3. The zero-order valence-electron chi connectivity index (χ0n) is 11.6. The van der Waals surface area contributed by atoms with Gasteiger partial charge in [0.15, 0.2) is 0 Å². The van der Waals surface area contributed by atoms with Crippen LogP contribution in [0, 0.1) is 0 Å². The summed E-state index contributed by atoms with van der Waals surface area (Å²) in [6, 6.07) is 2.02. The first-order valence-electron chi connectivity index (χ1n) is 6.86. The molecule has 0 bridgehead atoms. The molecular weight excluding hydrogens is 226 g/mol. The number of rotatable bonds is 4. The summed E-state index contributed by atoms with van der Waals surface area (Å²) in [5, 5.41) is 3.11. The van der Waals surface area contributed by atoms with E-state index < -0.39 is 0 Å². The van der Waals surface area contributed by atoms with Gasteiger partial charge in [-0.15, -0.1) is 0 Å². The minimum atomic E-state index is 0.297. The minimum Gasteiger partial charge on any atom is -0.378 e. The highest BCUT2D eigenvalue weighted by molar-refractivity contribution is 5.36. The monoisotopic (exact) mass is 249 g/mol. The molecule has 1 atom stereocenters. The zero-order valence-corrected chi connectivity index (χ0v) is 11.6. The van der Waals surface area contributed by atoms with Gasteiger partial charge in [-0.3, -0.25) is 0 Å². The van der Waals surface area contributed by atoms with E-state index in [2.05, 4.69) is 29.1 Å². The SMILES string of the molecule is CNc1cc(C(C)C)nc(CC2CCCCO2)n1. The maximum absolute atomic E-state index is 5.76. The molecule has 1 aliphatic rings. The van der Waals surface area contributed by atoms with Crippen molar-refractivity contribution in [2.24, 2.45) is 0 Å². The first-order valence-corrected chi connectivity index (χ1v) is 6.86. The normalized spacial score (nSPS) is 20.1. The van der Waals surface area contributed by atoms with E-state index in [0.29, 0.717) is 12.0 Å². The second-order valence-electron chi connectivity index (χ2n) is 5.19. The van der Waals surface area contributed by atoms with E-state index in [0.717, 1.165) is 36.8 Å². The predicted octanol–water partition coefficient (Wildman–Crippen LogP) is 2.75. The largest absolute Gasteiger partial charge is 0.378 e. The lowest BCUT2D eigenvalue weighted by atomic mass is 10.1. The van der Waals surface area contributed by atoms with E-state index in [4.69, 9.17) is 4.74 Å². The summed E-state index contributed by atoms with van der Waals surface area (Å²) in [5.41, 5.74) is 1.10. The first-order chi connectivity index (χ1) is 8.69. The molecule has 0 amide bonds. The van der Waals surface area contributed by atoms with Crippen molar-refractivity contribution < 1.29 is 4.74 Å². The Morgan fingerprint density at radius 1 is 1.39 bits per heavy atom. The van der Waals surface area contributed by atoms with Crippen LogP contribution in [0.25, 0.3) is 0 Å². The van der Waals surface area contributed by atoms with Gasteiger partial charge < -0.3 is 10.1 Å². The van der Waals surface area contributed by atoms with Crippen LogP contribution in [0.15, 0.2) is 6.07 Å². The van der Waals surface area contributed by atoms with Crippen LogP contribution in [-0.2, 0) is 11.2 Å². The van der Waals surface area contributed by atoms with E-state index in [1.807, 2.05) is 13.1 Å².